The second-order valence-electron chi connectivity index (χ2n) is 4.65. The first-order valence-electron chi connectivity index (χ1n) is 6.09. The van der Waals surface area contributed by atoms with Crippen molar-refractivity contribution in [2.45, 2.75) is 25.0 Å². The van der Waals surface area contributed by atoms with Gasteiger partial charge in [0, 0.05) is 29.8 Å². The molecule has 0 spiro atoms. The fourth-order valence-corrected chi connectivity index (χ4v) is 2.27. The van der Waals surface area contributed by atoms with Gasteiger partial charge in [-0.3, -0.25) is 4.99 Å². The summed E-state index contributed by atoms with van der Waals surface area (Å²) in [5.74, 6) is 0.883. The maximum Gasteiger partial charge on any atom is 0.191 e. The van der Waals surface area contributed by atoms with Crippen molar-refractivity contribution >= 4 is 29.1 Å². The fourth-order valence-electron chi connectivity index (χ4n) is 1.35. The van der Waals surface area contributed by atoms with E-state index in [2.05, 4.69) is 53.2 Å². The molecule has 0 aromatic carbocycles. The van der Waals surface area contributed by atoms with Crippen LogP contribution in [0.4, 0.5) is 0 Å². The average Bonchev–Trinajstić information content (AvgIpc) is 2.86. The Kier molecular flexibility index (Phi) is 6.57. The van der Waals surface area contributed by atoms with Crippen LogP contribution in [0.1, 0.15) is 18.7 Å². The molecule has 0 saturated heterocycles. The van der Waals surface area contributed by atoms with Crippen LogP contribution in [0, 0.1) is 0 Å². The van der Waals surface area contributed by atoms with Gasteiger partial charge in [-0.15, -0.1) is 11.3 Å². The van der Waals surface area contributed by atoms with Crippen LogP contribution >= 0.6 is 23.1 Å². The molecule has 102 valence electrons. The predicted octanol–water partition coefficient (Wildman–Crippen LogP) is 2.60. The summed E-state index contributed by atoms with van der Waals surface area (Å²) in [5.41, 5.74) is 0. The summed E-state index contributed by atoms with van der Waals surface area (Å²) in [6.45, 7) is 6.28. The Morgan fingerprint density at radius 3 is 2.78 bits per heavy atom. The molecule has 0 saturated carbocycles. The summed E-state index contributed by atoms with van der Waals surface area (Å²) in [4.78, 5) is 5.64. The largest absolute Gasteiger partial charge is 0.356 e. The van der Waals surface area contributed by atoms with E-state index < -0.39 is 0 Å². The highest BCUT2D eigenvalue weighted by Crippen LogP contribution is 2.19. The Bertz CT molecular complexity index is 358. The lowest BCUT2D eigenvalue weighted by molar-refractivity contribution is 0.664. The van der Waals surface area contributed by atoms with E-state index in [9.17, 15) is 0 Å². The highest BCUT2D eigenvalue weighted by Gasteiger charge is 2.15. The summed E-state index contributed by atoms with van der Waals surface area (Å²) in [6.07, 6.45) is 3.18. The summed E-state index contributed by atoms with van der Waals surface area (Å²) in [6, 6.07) is 4.26. The third-order valence-electron chi connectivity index (χ3n) is 2.70. The van der Waals surface area contributed by atoms with E-state index in [0.717, 1.165) is 25.5 Å². The number of nitrogens with one attached hydrogen (secondary N) is 2. The summed E-state index contributed by atoms with van der Waals surface area (Å²) >= 11 is 3.66. The molecule has 18 heavy (non-hydrogen) atoms. The number of hydrogen-bond acceptors (Lipinski definition) is 3. The van der Waals surface area contributed by atoms with Gasteiger partial charge in [0.25, 0.3) is 0 Å². The first kappa shape index (κ1) is 15.4. The third-order valence-corrected chi connectivity index (χ3v) is 4.89. The molecule has 0 atom stereocenters. The molecular weight excluding hydrogens is 262 g/mol. The first-order valence-corrected chi connectivity index (χ1v) is 8.20. The standard InChI is InChI=1S/C13H23N3S2/c1-13(2,17-4)10-16-12(14-3)15-8-7-11-6-5-9-18-11/h5-6,9H,7-8,10H2,1-4H3,(H2,14,15,16). The van der Waals surface area contributed by atoms with E-state index in [1.54, 1.807) is 11.3 Å². The zero-order chi connectivity index (χ0) is 13.4. The molecule has 3 nitrogen and oxygen atoms in total. The third kappa shape index (κ3) is 5.78. The molecule has 0 fully saturated rings. The van der Waals surface area contributed by atoms with Crippen LogP contribution in [0.25, 0.3) is 0 Å². The number of nitrogens with zero attached hydrogens (tertiary/aromatic N) is 1. The lowest BCUT2D eigenvalue weighted by Crippen LogP contribution is -2.43. The van der Waals surface area contributed by atoms with Crippen LogP contribution < -0.4 is 10.6 Å². The Balaban J connectivity index is 2.26. The van der Waals surface area contributed by atoms with E-state index in [4.69, 9.17) is 0 Å². The van der Waals surface area contributed by atoms with Crippen molar-refractivity contribution < 1.29 is 0 Å². The lowest BCUT2D eigenvalue weighted by atomic mass is 10.2. The van der Waals surface area contributed by atoms with E-state index >= 15 is 0 Å². The summed E-state index contributed by atoms with van der Waals surface area (Å²) in [5, 5.41) is 8.82. The number of aliphatic imine (C=N–C) groups is 1. The monoisotopic (exact) mass is 285 g/mol. The molecule has 1 rings (SSSR count). The van der Waals surface area contributed by atoms with Crippen LogP contribution in [0.2, 0.25) is 0 Å². The SMILES string of the molecule is CN=C(NCCc1cccs1)NCC(C)(C)SC. The molecule has 0 radical (unpaired) electrons. The molecule has 1 aromatic heterocycles. The van der Waals surface area contributed by atoms with Crippen molar-refractivity contribution in [2.75, 3.05) is 26.4 Å². The zero-order valence-electron chi connectivity index (χ0n) is 11.6. The number of rotatable bonds is 6. The predicted molar refractivity (Wildman–Crippen MR) is 85.0 cm³/mol. The fraction of sp³-hybridized carbons (Fsp3) is 0.615. The van der Waals surface area contributed by atoms with Gasteiger partial charge in [-0.2, -0.15) is 11.8 Å². The van der Waals surface area contributed by atoms with Crippen LogP contribution in [0.15, 0.2) is 22.5 Å². The van der Waals surface area contributed by atoms with Gasteiger partial charge in [0.2, 0.25) is 0 Å². The van der Waals surface area contributed by atoms with Gasteiger partial charge in [-0.1, -0.05) is 6.07 Å². The van der Waals surface area contributed by atoms with Crippen LogP contribution in [0.5, 0.6) is 0 Å². The molecular formula is C13H23N3S2. The van der Waals surface area contributed by atoms with Gasteiger partial charge in [0.05, 0.1) is 0 Å². The van der Waals surface area contributed by atoms with Crippen LogP contribution in [0.3, 0.4) is 0 Å². The van der Waals surface area contributed by atoms with Crippen molar-refractivity contribution in [1.82, 2.24) is 10.6 Å². The van der Waals surface area contributed by atoms with Gasteiger partial charge >= 0.3 is 0 Å². The maximum absolute atomic E-state index is 4.23. The molecule has 0 bridgehead atoms. The minimum absolute atomic E-state index is 0.228. The minimum Gasteiger partial charge on any atom is -0.356 e. The molecule has 1 aromatic rings. The first-order chi connectivity index (χ1) is 8.57. The molecule has 2 N–H and O–H groups in total. The molecule has 0 aliphatic rings. The average molecular weight is 285 g/mol. The number of hydrogen-bond donors (Lipinski definition) is 2. The van der Waals surface area contributed by atoms with Crippen LogP contribution in [-0.4, -0.2) is 37.1 Å². The second-order valence-corrected chi connectivity index (χ2v) is 7.19. The molecule has 0 amide bonds. The number of thioether (sulfide) groups is 1. The van der Waals surface area contributed by atoms with Gasteiger partial charge < -0.3 is 10.6 Å². The lowest BCUT2D eigenvalue weighted by Gasteiger charge is -2.23. The van der Waals surface area contributed by atoms with E-state index in [0.29, 0.717) is 0 Å². The van der Waals surface area contributed by atoms with Crippen molar-refractivity contribution in [3.05, 3.63) is 22.4 Å². The van der Waals surface area contributed by atoms with E-state index in [-0.39, 0.29) is 4.75 Å². The van der Waals surface area contributed by atoms with Crippen LogP contribution in [-0.2, 0) is 6.42 Å². The van der Waals surface area contributed by atoms with Crippen molar-refractivity contribution in [3.63, 3.8) is 0 Å². The topological polar surface area (TPSA) is 36.4 Å². The second kappa shape index (κ2) is 7.69. The normalized spacial score (nSPS) is 12.6. The smallest absolute Gasteiger partial charge is 0.191 e. The van der Waals surface area contributed by atoms with Gasteiger partial charge in [-0.25, -0.2) is 0 Å². The Labute approximate surface area is 118 Å². The Hall–Kier alpha value is -0.680. The maximum atomic E-state index is 4.23. The Morgan fingerprint density at radius 2 is 2.22 bits per heavy atom. The Morgan fingerprint density at radius 1 is 1.44 bits per heavy atom. The molecule has 0 unspecified atom stereocenters. The molecule has 0 aliphatic heterocycles. The van der Waals surface area contributed by atoms with Crippen molar-refractivity contribution in [3.8, 4) is 0 Å². The zero-order valence-corrected chi connectivity index (χ0v) is 13.3. The minimum atomic E-state index is 0.228. The van der Waals surface area contributed by atoms with Crippen molar-refractivity contribution in [1.29, 1.82) is 0 Å². The highest BCUT2D eigenvalue weighted by molar-refractivity contribution is 7.99. The quantitative estimate of drug-likeness (QED) is 0.623. The van der Waals surface area contributed by atoms with Crippen molar-refractivity contribution in [2.24, 2.45) is 4.99 Å². The molecule has 5 heteroatoms. The summed E-state index contributed by atoms with van der Waals surface area (Å²) < 4.78 is 0.228. The summed E-state index contributed by atoms with van der Waals surface area (Å²) in [7, 11) is 1.81. The van der Waals surface area contributed by atoms with E-state index in [1.807, 2.05) is 18.8 Å². The number of guanidine groups is 1. The number of thiophene rings is 1. The van der Waals surface area contributed by atoms with Gasteiger partial charge in [-0.05, 0) is 38.0 Å². The van der Waals surface area contributed by atoms with Gasteiger partial charge in [0.1, 0.15) is 0 Å². The van der Waals surface area contributed by atoms with Gasteiger partial charge in [0.15, 0.2) is 5.96 Å². The highest BCUT2D eigenvalue weighted by atomic mass is 32.2. The van der Waals surface area contributed by atoms with E-state index in [1.165, 1.54) is 4.88 Å². The molecule has 1 heterocycles. The molecule has 0 aliphatic carbocycles.